The molecule has 202 valence electrons. The Kier molecular flexibility index (Phi) is 8.65. The van der Waals surface area contributed by atoms with E-state index < -0.39 is 41.6 Å². The number of aryl methyl sites for hydroxylation is 1. The average Bonchev–Trinajstić information content (AvgIpc) is 2.87. The van der Waals surface area contributed by atoms with E-state index in [0.29, 0.717) is 29.3 Å². The molecule has 1 heterocycles. The standard InChI is InChI=1S/C30H32Cl2FNO4/c1-4-5-24(29(36)37)34-27(30(3)14-12-20(31)13-15-30)26(23-11-8-21(32)16-18(23)2)38-25(28(34)35)17-19-6-9-22(33)10-7-19/h6-14,16,24-27H,4-5,15,17H2,1-3H3,(H,36,37)/t24-,25+,26+,27+,30?/m1/s1. The van der Waals surface area contributed by atoms with E-state index in [2.05, 4.69) is 0 Å². The molecule has 2 aromatic carbocycles. The van der Waals surface area contributed by atoms with Crippen molar-refractivity contribution in [2.24, 2.45) is 5.41 Å². The highest BCUT2D eigenvalue weighted by atomic mass is 35.5. The number of benzene rings is 2. The van der Waals surface area contributed by atoms with Gasteiger partial charge in [-0.3, -0.25) is 4.79 Å². The molecule has 0 spiro atoms. The predicted molar refractivity (Wildman–Crippen MR) is 147 cm³/mol. The van der Waals surface area contributed by atoms with Crippen LogP contribution in [0.3, 0.4) is 0 Å². The summed E-state index contributed by atoms with van der Waals surface area (Å²) < 4.78 is 20.2. The van der Waals surface area contributed by atoms with Gasteiger partial charge < -0.3 is 14.7 Å². The number of nitrogens with zero attached hydrogens (tertiary/aromatic N) is 1. The molecule has 0 aromatic heterocycles. The summed E-state index contributed by atoms with van der Waals surface area (Å²) in [6, 6.07) is 9.72. The van der Waals surface area contributed by atoms with E-state index in [1.54, 1.807) is 29.2 Å². The van der Waals surface area contributed by atoms with Crippen LogP contribution in [-0.2, 0) is 20.7 Å². The van der Waals surface area contributed by atoms with E-state index in [1.165, 1.54) is 12.1 Å². The fourth-order valence-electron chi connectivity index (χ4n) is 5.54. The largest absolute Gasteiger partial charge is 0.480 e. The molecule has 1 saturated heterocycles. The van der Waals surface area contributed by atoms with Gasteiger partial charge in [-0.25, -0.2) is 9.18 Å². The van der Waals surface area contributed by atoms with Crippen LogP contribution in [0, 0.1) is 18.2 Å². The van der Waals surface area contributed by atoms with Gasteiger partial charge in [0.2, 0.25) is 0 Å². The number of carboxylic acids is 1. The second kappa shape index (κ2) is 11.6. The molecule has 4 rings (SSSR count). The zero-order valence-electron chi connectivity index (χ0n) is 21.7. The van der Waals surface area contributed by atoms with Crippen molar-refractivity contribution in [3.05, 3.63) is 93.3 Å². The number of halogens is 3. The van der Waals surface area contributed by atoms with Crippen LogP contribution in [0.5, 0.6) is 0 Å². The van der Waals surface area contributed by atoms with Crippen molar-refractivity contribution in [2.45, 2.75) is 70.7 Å². The predicted octanol–water partition coefficient (Wildman–Crippen LogP) is 7.01. The van der Waals surface area contributed by atoms with Gasteiger partial charge in [0.1, 0.15) is 24.1 Å². The molecular weight excluding hydrogens is 528 g/mol. The highest BCUT2D eigenvalue weighted by Crippen LogP contribution is 2.48. The van der Waals surface area contributed by atoms with Crippen LogP contribution >= 0.6 is 23.2 Å². The van der Waals surface area contributed by atoms with E-state index in [1.807, 2.05) is 45.1 Å². The van der Waals surface area contributed by atoms with Crippen LogP contribution in [0.2, 0.25) is 5.02 Å². The monoisotopic (exact) mass is 559 g/mol. The van der Waals surface area contributed by atoms with E-state index >= 15 is 0 Å². The number of allylic oxidation sites excluding steroid dienone is 3. The van der Waals surface area contributed by atoms with Gasteiger partial charge in [-0.05, 0) is 66.8 Å². The Labute approximate surface area is 232 Å². The van der Waals surface area contributed by atoms with Gasteiger partial charge in [0.05, 0.1) is 6.04 Å². The number of rotatable bonds is 8. The minimum Gasteiger partial charge on any atom is -0.480 e. The second-order valence-electron chi connectivity index (χ2n) is 10.3. The molecule has 1 unspecified atom stereocenters. The lowest BCUT2D eigenvalue weighted by Gasteiger charge is -2.53. The number of carboxylic acid groups (broad SMARTS) is 1. The molecule has 1 fully saturated rings. The van der Waals surface area contributed by atoms with Crippen molar-refractivity contribution in [1.29, 1.82) is 0 Å². The number of morpholine rings is 1. The summed E-state index contributed by atoms with van der Waals surface area (Å²) in [5, 5.41) is 11.5. The average molecular weight is 560 g/mol. The molecule has 1 N–H and O–H groups in total. The lowest BCUT2D eigenvalue weighted by atomic mass is 9.70. The van der Waals surface area contributed by atoms with Gasteiger partial charge in [-0.2, -0.15) is 0 Å². The molecule has 1 aliphatic heterocycles. The van der Waals surface area contributed by atoms with Crippen LogP contribution in [0.4, 0.5) is 4.39 Å². The molecule has 5 nitrogen and oxygen atoms in total. The van der Waals surface area contributed by atoms with Crippen molar-refractivity contribution < 1.29 is 23.8 Å². The first-order chi connectivity index (χ1) is 18.0. The van der Waals surface area contributed by atoms with E-state index in [0.717, 1.165) is 16.7 Å². The van der Waals surface area contributed by atoms with Crippen molar-refractivity contribution in [3.63, 3.8) is 0 Å². The molecule has 0 saturated carbocycles. The Morgan fingerprint density at radius 1 is 1.24 bits per heavy atom. The summed E-state index contributed by atoms with van der Waals surface area (Å²) in [7, 11) is 0. The highest BCUT2D eigenvalue weighted by Gasteiger charge is 2.54. The van der Waals surface area contributed by atoms with Crippen LogP contribution < -0.4 is 0 Å². The number of ether oxygens (including phenoxy) is 1. The quantitative estimate of drug-likeness (QED) is 0.377. The first-order valence-corrected chi connectivity index (χ1v) is 13.6. The number of amides is 1. The number of carbonyl (C=O) groups excluding carboxylic acids is 1. The molecule has 38 heavy (non-hydrogen) atoms. The molecule has 8 heteroatoms. The second-order valence-corrected chi connectivity index (χ2v) is 11.2. The van der Waals surface area contributed by atoms with E-state index in [4.69, 9.17) is 27.9 Å². The van der Waals surface area contributed by atoms with Crippen LogP contribution in [0.25, 0.3) is 0 Å². The lowest BCUT2D eigenvalue weighted by Crippen LogP contribution is -2.65. The maximum Gasteiger partial charge on any atom is 0.326 e. The third kappa shape index (κ3) is 5.83. The molecular formula is C30H32Cl2FNO4. The topological polar surface area (TPSA) is 66.8 Å². The van der Waals surface area contributed by atoms with Crippen molar-refractivity contribution in [2.75, 3.05) is 0 Å². The molecule has 2 aromatic rings. The fourth-order valence-corrected chi connectivity index (χ4v) is 5.91. The molecule has 5 atom stereocenters. The molecule has 0 bridgehead atoms. The first-order valence-electron chi connectivity index (χ1n) is 12.8. The van der Waals surface area contributed by atoms with Crippen LogP contribution in [-0.4, -0.2) is 40.1 Å². The molecule has 0 radical (unpaired) electrons. The summed E-state index contributed by atoms with van der Waals surface area (Å²) in [4.78, 5) is 28.3. The molecule has 1 aliphatic carbocycles. The SMILES string of the molecule is CCC[C@H](C(=O)O)N1C(=O)[C@H](Cc2ccc(F)cc2)O[C@@H](c2ccc(Cl)cc2C)[C@H]1C1(C)C=CC(Cl)=CC1. The zero-order valence-corrected chi connectivity index (χ0v) is 23.2. The Morgan fingerprint density at radius 3 is 2.53 bits per heavy atom. The Bertz CT molecular complexity index is 1260. The summed E-state index contributed by atoms with van der Waals surface area (Å²) >= 11 is 12.5. The lowest BCUT2D eigenvalue weighted by molar-refractivity contribution is -0.192. The Hall–Kier alpha value is -2.67. The fraction of sp³-hybridized carbons (Fsp3) is 0.400. The third-order valence-corrected chi connectivity index (χ3v) is 8.03. The normalized spacial score (nSPS) is 26.3. The first kappa shape index (κ1) is 28.3. The van der Waals surface area contributed by atoms with Gasteiger partial charge in [-0.15, -0.1) is 0 Å². The summed E-state index contributed by atoms with van der Waals surface area (Å²) in [6.07, 6.45) is 5.60. The minimum absolute atomic E-state index is 0.183. The summed E-state index contributed by atoms with van der Waals surface area (Å²) in [6.45, 7) is 5.83. The number of aliphatic carboxylic acids is 1. The molecule has 2 aliphatic rings. The maximum atomic E-state index is 14.2. The number of hydrogen-bond acceptors (Lipinski definition) is 3. The van der Waals surface area contributed by atoms with Gasteiger partial charge in [0, 0.05) is 21.9 Å². The smallest absolute Gasteiger partial charge is 0.326 e. The number of hydrogen-bond donors (Lipinski definition) is 1. The van der Waals surface area contributed by atoms with Gasteiger partial charge in [-0.1, -0.05) is 73.8 Å². The zero-order chi connectivity index (χ0) is 27.6. The van der Waals surface area contributed by atoms with Crippen molar-refractivity contribution in [1.82, 2.24) is 4.90 Å². The molecule has 1 amide bonds. The Balaban J connectivity index is 1.88. The van der Waals surface area contributed by atoms with Gasteiger partial charge in [0.25, 0.3) is 5.91 Å². The Morgan fingerprint density at radius 2 is 1.95 bits per heavy atom. The van der Waals surface area contributed by atoms with E-state index in [9.17, 15) is 19.1 Å². The minimum atomic E-state index is -1.06. The van der Waals surface area contributed by atoms with Gasteiger partial charge in [0.15, 0.2) is 0 Å². The third-order valence-electron chi connectivity index (χ3n) is 7.52. The van der Waals surface area contributed by atoms with E-state index in [-0.39, 0.29) is 12.2 Å². The number of carbonyl (C=O) groups is 2. The van der Waals surface area contributed by atoms with Crippen LogP contribution in [0.15, 0.2) is 65.7 Å². The summed E-state index contributed by atoms with van der Waals surface area (Å²) in [5.74, 6) is -1.83. The summed E-state index contributed by atoms with van der Waals surface area (Å²) in [5.41, 5.74) is 1.77. The van der Waals surface area contributed by atoms with Gasteiger partial charge >= 0.3 is 5.97 Å². The highest BCUT2D eigenvalue weighted by molar-refractivity contribution is 6.31. The van der Waals surface area contributed by atoms with Crippen LogP contribution in [0.1, 0.15) is 55.9 Å². The maximum absolute atomic E-state index is 14.2. The van der Waals surface area contributed by atoms with Crippen molar-refractivity contribution in [3.8, 4) is 0 Å². The van der Waals surface area contributed by atoms with Crippen molar-refractivity contribution >= 4 is 35.1 Å².